The minimum absolute atomic E-state index is 0.148. The number of carboxylic acid groups (broad SMARTS) is 1. The standard InChI is InChI=1S/C17H27N3O4S/c1-11-15(16(23)24)18-17(25-11)20-8-2-12(3-9-20)14(22)10-19-6-4-13(21)5-7-19/h12-14,21-22H,2-10H2,1H3,(H,23,24). The van der Waals surface area contributed by atoms with E-state index in [4.69, 9.17) is 5.11 Å². The van der Waals surface area contributed by atoms with E-state index in [1.165, 1.54) is 11.3 Å². The van der Waals surface area contributed by atoms with Crippen molar-refractivity contribution in [1.29, 1.82) is 0 Å². The van der Waals surface area contributed by atoms with Crippen molar-refractivity contribution in [1.82, 2.24) is 9.88 Å². The highest BCUT2D eigenvalue weighted by atomic mass is 32.1. The van der Waals surface area contributed by atoms with Gasteiger partial charge in [0.2, 0.25) is 0 Å². The van der Waals surface area contributed by atoms with E-state index in [-0.39, 0.29) is 23.8 Å². The van der Waals surface area contributed by atoms with Gasteiger partial charge >= 0.3 is 5.97 Å². The van der Waals surface area contributed by atoms with Crippen LogP contribution in [0.1, 0.15) is 41.0 Å². The van der Waals surface area contributed by atoms with Crippen molar-refractivity contribution < 1.29 is 20.1 Å². The summed E-state index contributed by atoms with van der Waals surface area (Å²) < 4.78 is 0. The van der Waals surface area contributed by atoms with Crippen LogP contribution in [0.4, 0.5) is 5.13 Å². The first-order valence-electron chi connectivity index (χ1n) is 8.98. The number of aliphatic hydroxyl groups excluding tert-OH is 2. The molecule has 2 fully saturated rings. The first kappa shape index (κ1) is 18.6. The zero-order chi connectivity index (χ0) is 18.0. The molecule has 25 heavy (non-hydrogen) atoms. The summed E-state index contributed by atoms with van der Waals surface area (Å²) in [4.78, 5) is 20.5. The molecule has 0 amide bonds. The van der Waals surface area contributed by atoms with Gasteiger partial charge in [0.25, 0.3) is 0 Å². The molecular weight excluding hydrogens is 342 g/mol. The fourth-order valence-electron chi connectivity index (χ4n) is 3.71. The predicted molar refractivity (Wildman–Crippen MR) is 96.4 cm³/mol. The number of likely N-dealkylation sites (tertiary alicyclic amines) is 1. The number of carbonyl (C=O) groups is 1. The molecule has 1 atom stereocenters. The lowest BCUT2D eigenvalue weighted by Crippen LogP contribution is -2.45. The Labute approximate surface area is 151 Å². The van der Waals surface area contributed by atoms with Crippen LogP contribution in [0.25, 0.3) is 0 Å². The largest absolute Gasteiger partial charge is 0.476 e. The summed E-state index contributed by atoms with van der Waals surface area (Å²) in [6, 6.07) is 0. The second-order valence-electron chi connectivity index (χ2n) is 7.13. The number of rotatable bonds is 5. The van der Waals surface area contributed by atoms with E-state index in [1.54, 1.807) is 6.92 Å². The summed E-state index contributed by atoms with van der Waals surface area (Å²) in [5.41, 5.74) is 0.148. The molecule has 1 aromatic heterocycles. The quantitative estimate of drug-likeness (QED) is 0.717. The van der Waals surface area contributed by atoms with Crippen LogP contribution in [-0.2, 0) is 0 Å². The summed E-state index contributed by atoms with van der Waals surface area (Å²) in [5, 5.41) is 30.0. The first-order valence-corrected chi connectivity index (χ1v) is 9.80. The molecule has 7 nitrogen and oxygen atoms in total. The Bertz CT molecular complexity index is 593. The van der Waals surface area contributed by atoms with Gasteiger partial charge in [-0.05, 0) is 38.5 Å². The highest BCUT2D eigenvalue weighted by Gasteiger charge is 2.29. The van der Waals surface area contributed by atoms with E-state index in [2.05, 4.69) is 14.8 Å². The van der Waals surface area contributed by atoms with Crippen LogP contribution in [-0.4, -0.2) is 76.1 Å². The number of carboxylic acids is 1. The third-order valence-electron chi connectivity index (χ3n) is 5.34. The van der Waals surface area contributed by atoms with Gasteiger partial charge in [-0.15, -0.1) is 11.3 Å². The van der Waals surface area contributed by atoms with Gasteiger partial charge in [0.15, 0.2) is 10.8 Å². The molecule has 1 unspecified atom stereocenters. The Morgan fingerprint density at radius 2 is 1.88 bits per heavy atom. The van der Waals surface area contributed by atoms with Gasteiger partial charge in [-0.3, -0.25) is 0 Å². The average molecular weight is 369 g/mol. The van der Waals surface area contributed by atoms with Crippen molar-refractivity contribution in [3.63, 3.8) is 0 Å². The zero-order valence-corrected chi connectivity index (χ0v) is 15.4. The lowest BCUT2D eigenvalue weighted by molar-refractivity contribution is 0.0236. The molecule has 0 radical (unpaired) electrons. The third kappa shape index (κ3) is 4.49. The number of aromatic carboxylic acids is 1. The van der Waals surface area contributed by atoms with E-state index in [1.807, 2.05) is 0 Å². The second-order valence-corrected chi connectivity index (χ2v) is 8.31. The summed E-state index contributed by atoms with van der Waals surface area (Å²) in [7, 11) is 0. The van der Waals surface area contributed by atoms with Crippen LogP contribution in [0.3, 0.4) is 0 Å². The van der Waals surface area contributed by atoms with Crippen molar-refractivity contribution >= 4 is 22.4 Å². The van der Waals surface area contributed by atoms with Crippen molar-refractivity contribution in [3.05, 3.63) is 10.6 Å². The molecule has 2 aliphatic heterocycles. The van der Waals surface area contributed by atoms with Gasteiger partial charge < -0.3 is 25.1 Å². The zero-order valence-electron chi connectivity index (χ0n) is 14.6. The van der Waals surface area contributed by atoms with E-state index in [0.717, 1.165) is 61.9 Å². The summed E-state index contributed by atoms with van der Waals surface area (Å²) in [5.74, 6) is -0.708. The maximum Gasteiger partial charge on any atom is 0.355 e. The molecule has 0 aromatic carbocycles. The van der Waals surface area contributed by atoms with Gasteiger partial charge in [-0.1, -0.05) is 0 Å². The third-order valence-corrected chi connectivity index (χ3v) is 6.38. The maximum absolute atomic E-state index is 11.1. The van der Waals surface area contributed by atoms with Crippen molar-refractivity contribution in [2.75, 3.05) is 37.6 Å². The minimum atomic E-state index is -0.975. The Morgan fingerprint density at radius 1 is 1.24 bits per heavy atom. The summed E-state index contributed by atoms with van der Waals surface area (Å²) >= 11 is 1.43. The number of aliphatic hydroxyl groups is 2. The number of hydrogen-bond donors (Lipinski definition) is 3. The first-order chi connectivity index (χ1) is 11.9. The Kier molecular flexibility index (Phi) is 5.93. The van der Waals surface area contributed by atoms with Crippen LogP contribution >= 0.6 is 11.3 Å². The fourth-order valence-corrected chi connectivity index (χ4v) is 4.66. The number of nitrogens with zero attached hydrogens (tertiary/aromatic N) is 3. The number of aryl methyl sites for hydroxylation is 1. The molecule has 2 saturated heterocycles. The van der Waals surface area contributed by atoms with Gasteiger partial charge in [0, 0.05) is 37.6 Å². The molecule has 0 aliphatic carbocycles. The maximum atomic E-state index is 11.1. The van der Waals surface area contributed by atoms with Crippen molar-refractivity contribution in [3.8, 4) is 0 Å². The van der Waals surface area contributed by atoms with Crippen LogP contribution < -0.4 is 4.90 Å². The number of β-amino-alcohol motifs (C(OH)–C–C–N with tert-alkyl or cyclic N) is 1. The smallest absolute Gasteiger partial charge is 0.355 e. The fraction of sp³-hybridized carbons (Fsp3) is 0.765. The topological polar surface area (TPSA) is 97.1 Å². The average Bonchev–Trinajstić information content (AvgIpc) is 2.99. The Morgan fingerprint density at radius 3 is 2.44 bits per heavy atom. The van der Waals surface area contributed by atoms with Gasteiger partial charge in [0.1, 0.15) is 0 Å². The summed E-state index contributed by atoms with van der Waals surface area (Å²) in [6.07, 6.45) is 2.83. The van der Waals surface area contributed by atoms with Crippen molar-refractivity contribution in [2.45, 2.75) is 44.8 Å². The van der Waals surface area contributed by atoms with Gasteiger partial charge in [-0.25, -0.2) is 9.78 Å². The normalized spacial score (nSPS) is 22.3. The molecule has 8 heteroatoms. The van der Waals surface area contributed by atoms with Crippen LogP contribution in [0.15, 0.2) is 0 Å². The van der Waals surface area contributed by atoms with E-state index in [0.29, 0.717) is 6.54 Å². The minimum Gasteiger partial charge on any atom is -0.476 e. The SMILES string of the molecule is Cc1sc(N2CCC(C(O)CN3CCC(O)CC3)CC2)nc1C(=O)O. The number of aromatic nitrogens is 1. The lowest BCUT2D eigenvalue weighted by Gasteiger charge is -2.37. The Hall–Kier alpha value is -1.22. The number of piperidine rings is 2. The highest BCUT2D eigenvalue weighted by Crippen LogP contribution is 2.30. The van der Waals surface area contributed by atoms with Crippen LogP contribution in [0, 0.1) is 12.8 Å². The molecule has 0 saturated carbocycles. The number of thiazole rings is 1. The van der Waals surface area contributed by atoms with Crippen LogP contribution in [0.2, 0.25) is 0 Å². The van der Waals surface area contributed by atoms with Gasteiger partial charge in [-0.2, -0.15) is 0 Å². The van der Waals surface area contributed by atoms with E-state index < -0.39 is 5.97 Å². The van der Waals surface area contributed by atoms with Gasteiger partial charge in [0.05, 0.1) is 12.2 Å². The monoisotopic (exact) mass is 369 g/mol. The number of anilines is 1. The molecule has 3 rings (SSSR count). The summed E-state index contributed by atoms with van der Waals surface area (Å²) in [6.45, 7) is 5.77. The van der Waals surface area contributed by atoms with E-state index >= 15 is 0 Å². The second kappa shape index (κ2) is 7.99. The predicted octanol–water partition coefficient (Wildman–Crippen LogP) is 1.18. The van der Waals surface area contributed by atoms with Crippen molar-refractivity contribution in [2.24, 2.45) is 5.92 Å². The van der Waals surface area contributed by atoms with Crippen LogP contribution in [0.5, 0.6) is 0 Å². The highest BCUT2D eigenvalue weighted by molar-refractivity contribution is 7.15. The molecule has 140 valence electrons. The number of hydrogen-bond acceptors (Lipinski definition) is 7. The lowest BCUT2D eigenvalue weighted by atomic mass is 9.90. The Balaban J connectivity index is 1.49. The molecule has 0 spiro atoms. The molecule has 3 heterocycles. The molecule has 2 aliphatic rings. The molecule has 3 N–H and O–H groups in total. The van der Waals surface area contributed by atoms with E-state index in [9.17, 15) is 15.0 Å². The molecule has 1 aromatic rings. The molecule has 0 bridgehead atoms. The molecular formula is C17H27N3O4S.